The van der Waals surface area contributed by atoms with Crippen LogP contribution in [0.4, 0.5) is 5.69 Å². The number of nitrogens with one attached hydrogen (secondary N) is 1. The van der Waals surface area contributed by atoms with E-state index in [1.54, 1.807) is 6.20 Å². The third-order valence-electron chi connectivity index (χ3n) is 3.31. The van der Waals surface area contributed by atoms with E-state index in [0.717, 1.165) is 29.3 Å². The minimum absolute atomic E-state index is 0.108. The zero-order valence-electron chi connectivity index (χ0n) is 11.6. The molecule has 2 aromatic heterocycles. The summed E-state index contributed by atoms with van der Waals surface area (Å²) in [5.41, 5.74) is 5.30. The standard InChI is InChI=1S/C14H20N4O/c1-10-13(12(3)18(17-10)7-8-19)9-16-14-5-4-6-15-11(14)2/h4-6,16,19H,7-9H2,1-3H3. The van der Waals surface area contributed by atoms with Crippen molar-refractivity contribution in [2.75, 3.05) is 11.9 Å². The SMILES string of the molecule is Cc1ncccc1NCc1c(C)nn(CCO)c1C. The lowest BCUT2D eigenvalue weighted by molar-refractivity contribution is 0.268. The lowest BCUT2D eigenvalue weighted by atomic mass is 10.2. The number of hydrogen-bond donors (Lipinski definition) is 2. The number of aryl methyl sites for hydroxylation is 2. The molecule has 0 aromatic carbocycles. The Labute approximate surface area is 113 Å². The third kappa shape index (κ3) is 2.93. The van der Waals surface area contributed by atoms with Gasteiger partial charge in [-0.2, -0.15) is 5.10 Å². The summed E-state index contributed by atoms with van der Waals surface area (Å²) in [6, 6.07) is 3.94. The molecule has 2 N–H and O–H groups in total. The minimum Gasteiger partial charge on any atom is -0.394 e. The fourth-order valence-corrected chi connectivity index (χ4v) is 2.16. The molecule has 0 saturated heterocycles. The number of nitrogens with zero attached hydrogens (tertiary/aromatic N) is 3. The van der Waals surface area contributed by atoms with Gasteiger partial charge in [-0.15, -0.1) is 0 Å². The van der Waals surface area contributed by atoms with Crippen LogP contribution in [0.1, 0.15) is 22.6 Å². The second kappa shape index (κ2) is 5.84. The van der Waals surface area contributed by atoms with Crippen LogP contribution in [0, 0.1) is 20.8 Å². The zero-order chi connectivity index (χ0) is 13.8. The Balaban J connectivity index is 2.14. The number of aliphatic hydroxyl groups excluding tert-OH is 1. The van der Waals surface area contributed by atoms with Crippen LogP contribution in [0.15, 0.2) is 18.3 Å². The normalized spacial score (nSPS) is 10.7. The van der Waals surface area contributed by atoms with Crippen molar-refractivity contribution in [1.29, 1.82) is 0 Å². The fourth-order valence-electron chi connectivity index (χ4n) is 2.16. The first kappa shape index (κ1) is 13.5. The summed E-state index contributed by atoms with van der Waals surface area (Å²) in [5, 5.41) is 16.8. The molecule has 0 radical (unpaired) electrons. The molecule has 5 heteroatoms. The monoisotopic (exact) mass is 260 g/mol. The number of rotatable bonds is 5. The van der Waals surface area contributed by atoms with Crippen LogP contribution in [0.5, 0.6) is 0 Å². The lowest BCUT2D eigenvalue weighted by Crippen LogP contribution is -2.07. The van der Waals surface area contributed by atoms with Gasteiger partial charge in [-0.05, 0) is 32.9 Å². The average Bonchev–Trinajstić information content (AvgIpc) is 2.65. The summed E-state index contributed by atoms with van der Waals surface area (Å²) >= 11 is 0. The Kier molecular flexibility index (Phi) is 4.16. The molecule has 0 unspecified atom stereocenters. The molecule has 19 heavy (non-hydrogen) atoms. The second-order valence-electron chi connectivity index (χ2n) is 4.59. The van der Waals surface area contributed by atoms with Crippen molar-refractivity contribution >= 4 is 5.69 Å². The van der Waals surface area contributed by atoms with Gasteiger partial charge < -0.3 is 10.4 Å². The van der Waals surface area contributed by atoms with Gasteiger partial charge >= 0.3 is 0 Å². The van der Waals surface area contributed by atoms with Crippen LogP contribution in [-0.2, 0) is 13.1 Å². The van der Waals surface area contributed by atoms with Gasteiger partial charge in [-0.3, -0.25) is 9.67 Å². The summed E-state index contributed by atoms with van der Waals surface area (Å²) in [4.78, 5) is 4.25. The van der Waals surface area contributed by atoms with Crippen LogP contribution >= 0.6 is 0 Å². The van der Waals surface area contributed by atoms with Gasteiger partial charge in [0.05, 0.1) is 30.2 Å². The van der Waals surface area contributed by atoms with E-state index >= 15 is 0 Å². The smallest absolute Gasteiger partial charge is 0.0646 e. The first-order valence-corrected chi connectivity index (χ1v) is 6.42. The van der Waals surface area contributed by atoms with E-state index in [9.17, 15) is 0 Å². The summed E-state index contributed by atoms with van der Waals surface area (Å²) in [7, 11) is 0. The lowest BCUT2D eigenvalue weighted by Gasteiger charge is -2.09. The Bertz CT molecular complexity index is 563. The molecule has 0 spiro atoms. The molecule has 0 aliphatic carbocycles. The van der Waals surface area contributed by atoms with Gasteiger partial charge in [0.2, 0.25) is 0 Å². The Morgan fingerprint density at radius 2 is 2.05 bits per heavy atom. The largest absolute Gasteiger partial charge is 0.394 e. The van der Waals surface area contributed by atoms with E-state index in [0.29, 0.717) is 6.54 Å². The maximum Gasteiger partial charge on any atom is 0.0646 e. The van der Waals surface area contributed by atoms with Gasteiger partial charge in [-0.1, -0.05) is 0 Å². The van der Waals surface area contributed by atoms with Gasteiger partial charge in [0.1, 0.15) is 0 Å². The molecule has 2 aromatic rings. The highest BCUT2D eigenvalue weighted by molar-refractivity contribution is 5.47. The minimum atomic E-state index is 0.108. The van der Waals surface area contributed by atoms with Crippen LogP contribution in [-0.4, -0.2) is 26.5 Å². The summed E-state index contributed by atoms with van der Waals surface area (Å²) in [6.07, 6.45) is 1.79. The van der Waals surface area contributed by atoms with E-state index in [1.165, 1.54) is 5.56 Å². The molecule has 5 nitrogen and oxygen atoms in total. The van der Waals surface area contributed by atoms with Crippen molar-refractivity contribution in [1.82, 2.24) is 14.8 Å². The van der Waals surface area contributed by atoms with Crippen molar-refractivity contribution in [2.24, 2.45) is 0 Å². The highest BCUT2D eigenvalue weighted by atomic mass is 16.3. The Hall–Kier alpha value is -1.88. The van der Waals surface area contributed by atoms with Crippen LogP contribution in [0.3, 0.4) is 0 Å². The van der Waals surface area contributed by atoms with Gasteiger partial charge in [0.15, 0.2) is 0 Å². The number of anilines is 1. The zero-order valence-corrected chi connectivity index (χ0v) is 11.6. The van der Waals surface area contributed by atoms with E-state index in [4.69, 9.17) is 5.11 Å². The third-order valence-corrected chi connectivity index (χ3v) is 3.31. The van der Waals surface area contributed by atoms with Gasteiger partial charge in [-0.25, -0.2) is 0 Å². The van der Waals surface area contributed by atoms with Crippen LogP contribution < -0.4 is 5.32 Å². The summed E-state index contributed by atoms with van der Waals surface area (Å²) < 4.78 is 1.85. The van der Waals surface area contributed by atoms with Crippen LogP contribution in [0.2, 0.25) is 0 Å². The van der Waals surface area contributed by atoms with Crippen LogP contribution in [0.25, 0.3) is 0 Å². The number of aromatic nitrogens is 3. The Morgan fingerprint density at radius 1 is 1.26 bits per heavy atom. The highest BCUT2D eigenvalue weighted by Crippen LogP contribution is 2.17. The first-order chi connectivity index (χ1) is 9.13. The van der Waals surface area contributed by atoms with Gasteiger partial charge in [0, 0.05) is 24.0 Å². The Morgan fingerprint density at radius 3 is 2.74 bits per heavy atom. The topological polar surface area (TPSA) is 63.0 Å². The predicted octanol–water partition coefficient (Wildman–Crippen LogP) is 1.81. The van der Waals surface area contributed by atoms with Crippen molar-refractivity contribution in [3.05, 3.63) is 41.0 Å². The molecule has 2 rings (SSSR count). The average molecular weight is 260 g/mol. The maximum absolute atomic E-state index is 9.00. The van der Waals surface area contributed by atoms with E-state index in [1.807, 2.05) is 37.6 Å². The first-order valence-electron chi connectivity index (χ1n) is 6.42. The molecule has 0 fully saturated rings. The van der Waals surface area contributed by atoms with Crippen molar-refractivity contribution in [2.45, 2.75) is 33.9 Å². The molecule has 0 aliphatic rings. The number of pyridine rings is 1. The molecule has 2 heterocycles. The number of hydrogen-bond acceptors (Lipinski definition) is 4. The number of aliphatic hydroxyl groups is 1. The predicted molar refractivity (Wildman–Crippen MR) is 75.1 cm³/mol. The molecule has 0 atom stereocenters. The van der Waals surface area contributed by atoms with Crippen molar-refractivity contribution in [3.63, 3.8) is 0 Å². The molecular weight excluding hydrogens is 240 g/mol. The molecule has 0 aliphatic heterocycles. The molecule has 0 saturated carbocycles. The van der Waals surface area contributed by atoms with Gasteiger partial charge in [0.25, 0.3) is 0 Å². The highest BCUT2D eigenvalue weighted by Gasteiger charge is 2.11. The molecule has 0 bridgehead atoms. The van der Waals surface area contributed by atoms with E-state index in [-0.39, 0.29) is 6.61 Å². The molecule has 102 valence electrons. The fraction of sp³-hybridized carbons (Fsp3) is 0.429. The van der Waals surface area contributed by atoms with E-state index in [2.05, 4.69) is 15.4 Å². The molecule has 0 amide bonds. The quantitative estimate of drug-likeness (QED) is 0.860. The maximum atomic E-state index is 9.00. The van der Waals surface area contributed by atoms with E-state index < -0.39 is 0 Å². The van der Waals surface area contributed by atoms with Crippen molar-refractivity contribution in [3.8, 4) is 0 Å². The summed E-state index contributed by atoms with van der Waals surface area (Å²) in [6.45, 7) is 7.37. The second-order valence-corrected chi connectivity index (χ2v) is 4.59. The summed E-state index contributed by atoms with van der Waals surface area (Å²) in [5.74, 6) is 0. The molecular formula is C14H20N4O. The van der Waals surface area contributed by atoms with Crippen molar-refractivity contribution < 1.29 is 5.11 Å².